The lowest BCUT2D eigenvalue weighted by atomic mass is 9.86. The molecule has 24 heavy (non-hydrogen) atoms. The molecular formula is C19H22N2O3. The van der Waals surface area contributed by atoms with Crippen LogP contribution in [0.3, 0.4) is 0 Å². The first-order valence-corrected chi connectivity index (χ1v) is 7.80. The van der Waals surface area contributed by atoms with Crippen molar-refractivity contribution in [1.29, 1.82) is 0 Å². The second kappa shape index (κ2) is 7.25. The van der Waals surface area contributed by atoms with Crippen LogP contribution in [0.1, 0.15) is 42.3 Å². The SMILES string of the molecule is CC(C)(C)c1ccc(C[C@H](NC(=O)c2ccncc2)C(=O)O)cc1. The number of carboxylic acids is 1. The molecule has 2 rings (SSSR count). The molecule has 2 N–H and O–H groups in total. The number of hydrogen-bond acceptors (Lipinski definition) is 3. The summed E-state index contributed by atoms with van der Waals surface area (Å²) < 4.78 is 0. The van der Waals surface area contributed by atoms with Crippen LogP contribution in [0.25, 0.3) is 0 Å². The van der Waals surface area contributed by atoms with Crippen molar-refractivity contribution in [3.8, 4) is 0 Å². The van der Waals surface area contributed by atoms with Gasteiger partial charge in [0.25, 0.3) is 5.91 Å². The third-order valence-electron chi connectivity index (χ3n) is 3.81. The molecule has 5 heteroatoms. The molecule has 0 aliphatic heterocycles. The van der Waals surface area contributed by atoms with E-state index in [4.69, 9.17) is 0 Å². The Kier molecular flexibility index (Phi) is 5.34. The topological polar surface area (TPSA) is 79.3 Å². The highest BCUT2D eigenvalue weighted by molar-refractivity contribution is 5.96. The maximum atomic E-state index is 12.1. The van der Waals surface area contributed by atoms with Crippen molar-refractivity contribution in [2.75, 3.05) is 0 Å². The summed E-state index contributed by atoms with van der Waals surface area (Å²) in [5.41, 5.74) is 2.48. The maximum absolute atomic E-state index is 12.1. The number of nitrogens with zero attached hydrogens (tertiary/aromatic N) is 1. The Labute approximate surface area is 141 Å². The number of nitrogens with one attached hydrogen (secondary N) is 1. The zero-order valence-electron chi connectivity index (χ0n) is 14.1. The maximum Gasteiger partial charge on any atom is 0.326 e. The fraction of sp³-hybridized carbons (Fsp3) is 0.316. The van der Waals surface area contributed by atoms with Gasteiger partial charge < -0.3 is 10.4 Å². The first-order chi connectivity index (χ1) is 11.3. The molecule has 2 aromatic rings. The normalized spacial score (nSPS) is 12.5. The third kappa shape index (κ3) is 4.65. The van der Waals surface area contributed by atoms with E-state index in [2.05, 4.69) is 31.1 Å². The molecule has 1 atom stereocenters. The summed E-state index contributed by atoms with van der Waals surface area (Å²) in [7, 11) is 0. The summed E-state index contributed by atoms with van der Waals surface area (Å²) in [5, 5.41) is 11.9. The first-order valence-electron chi connectivity index (χ1n) is 7.80. The Morgan fingerprint density at radius 2 is 1.67 bits per heavy atom. The lowest BCUT2D eigenvalue weighted by Crippen LogP contribution is -2.42. The third-order valence-corrected chi connectivity index (χ3v) is 3.81. The average molecular weight is 326 g/mol. The van der Waals surface area contributed by atoms with Gasteiger partial charge in [0.05, 0.1) is 0 Å². The highest BCUT2D eigenvalue weighted by atomic mass is 16.4. The van der Waals surface area contributed by atoms with Crippen LogP contribution in [-0.2, 0) is 16.6 Å². The van der Waals surface area contributed by atoms with Gasteiger partial charge in [-0.1, -0.05) is 45.0 Å². The van der Waals surface area contributed by atoms with Gasteiger partial charge >= 0.3 is 5.97 Å². The molecule has 1 amide bonds. The Bertz CT molecular complexity index is 704. The standard InChI is InChI=1S/C19H22N2O3/c1-19(2,3)15-6-4-13(5-7-15)12-16(18(23)24)21-17(22)14-8-10-20-11-9-14/h4-11,16H,12H2,1-3H3,(H,21,22)(H,23,24)/t16-/m0/s1. The second-order valence-electron chi connectivity index (χ2n) is 6.75. The highest BCUT2D eigenvalue weighted by Gasteiger charge is 2.21. The van der Waals surface area contributed by atoms with Crippen molar-refractivity contribution in [2.24, 2.45) is 0 Å². The van der Waals surface area contributed by atoms with Crippen molar-refractivity contribution in [3.05, 3.63) is 65.5 Å². The molecular weight excluding hydrogens is 304 g/mol. The van der Waals surface area contributed by atoms with E-state index < -0.39 is 17.9 Å². The number of amides is 1. The van der Waals surface area contributed by atoms with Crippen LogP contribution >= 0.6 is 0 Å². The van der Waals surface area contributed by atoms with Gasteiger partial charge in [-0.2, -0.15) is 0 Å². The molecule has 0 saturated carbocycles. The van der Waals surface area contributed by atoms with Crippen LogP contribution in [-0.4, -0.2) is 28.0 Å². The minimum absolute atomic E-state index is 0.0420. The molecule has 0 saturated heterocycles. The van der Waals surface area contributed by atoms with Gasteiger partial charge in [-0.25, -0.2) is 4.79 Å². The molecule has 5 nitrogen and oxygen atoms in total. The predicted octanol–water partition coefficient (Wildman–Crippen LogP) is 2.80. The Hall–Kier alpha value is -2.69. The van der Waals surface area contributed by atoms with Gasteiger partial charge in [0.1, 0.15) is 6.04 Å². The largest absolute Gasteiger partial charge is 0.480 e. The van der Waals surface area contributed by atoms with E-state index in [0.29, 0.717) is 5.56 Å². The number of aliphatic carboxylic acids is 1. The summed E-state index contributed by atoms with van der Waals surface area (Å²) in [6, 6.07) is 9.94. The number of carbonyl (C=O) groups is 2. The minimum atomic E-state index is -1.06. The molecule has 0 spiro atoms. The van der Waals surface area contributed by atoms with Crippen molar-refractivity contribution in [2.45, 2.75) is 38.6 Å². The molecule has 0 bridgehead atoms. The Morgan fingerprint density at radius 3 is 2.17 bits per heavy atom. The first kappa shape index (κ1) is 17.7. The molecule has 126 valence electrons. The van der Waals surface area contributed by atoms with Crippen LogP contribution in [0.2, 0.25) is 0 Å². The fourth-order valence-corrected chi connectivity index (χ4v) is 2.32. The van der Waals surface area contributed by atoms with Crippen molar-refractivity contribution < 1.29 is 14.7 Å². The van der Waals surface area contributed by atoms with E-state index in [1.165, 1.54) is 18.0 Å². The van der Waals surface area contributed by atoms with Crippen LogP contribution in [0.5, 0.6) is 0 Å². The zero-order valence-corrected chi connectivity index (χ0v) is 14.1. The summed E-state index contributed by atoms with van der Waals surface area (Å²) in [6.45, 7) is 6.37. The number of carboxylic acid groups (broad SMARTS) is 1. The molecule has 0 radical (unpaired) electrons. The number of rotatable bonds is 5. The van der Waals surface area contributed by atoms with Crippen LogP contribution in [0.4, 0.5) is 0 Å². The second-order valence-corrected chi connectivity index (χ2v) is 6.75. The Balaban J connectivity index is 2.09. The van der Waals surface area contributed by atoms with Gasteiger partial charge in [0, 0.05) is 24.4 Å². The highest BCUT2D eigenvalue weighted by Crippen LogP contribution is 2.22. The molecule has 0 aliphatic rings. The lowest BCUT2D eigenvalue weighted by molar-refractivity contribution is -0.139. The van der Waals surface area contributed by atoms with Crippen molar-refractivity contribution in [1.82, 2.24) is 10.3 Å². The summed E-state index contributed by atoms with van der Waals surface area (Å²) >= 11 is 0. The van der Waals surface area contributed by atoms with E-state index in [1.54, 1.807) is 12.1 Å². The number of aromatic nitrogens is 1. The molecule has 1 heterocycles. The summed E-state index contributed by atoms with van der Waals surface area (Å²) in [5.74, 6) is -1.48. The fourth-order valence-electron chi connectivity index (χ4n) is 2.32. The van der Waals surface area contributed by atoms with Gasteiger partial charge in [-0.15, -0.1) is 0 Å². The number of hydrogen-bond donors (Lipinski definition) is 2. The molecule has 0 fully saturated rings. The van der Waals surface area contributed by atoms with Crippen LogP contribution < -0.4 is 5.32 Å². The van der Waals surface area contributed by atoms with Gasteiger partial charge in [0.2, 0.25) is 0 Å². The van der Waals surface area contributed by atoms with Crippen LogP contribution in [0.15, 0.2) is 48.8 Å². The minimum Gasteiger partial charge on any atom is -0.480 e. The monoisotopic (exact) mass is 326 g/mol. The Morgan fingerprint density at radius 1 is 1.08 bits per heavy atom. The van der Waals surface area contributed by atoms with Crippen molar-refractivity contribution >= 4 is 11.9 Å². The molecule has 0 unspecified atom stereocenters. The van der Waals surface area contributed by atoms with Gasteiger partial charge in [-0.05, 0) is 28.7 Å². The molecule has 1 aromatic carbocycles. The van der Waals surface area contributed by atoms with Gasteiger partial charge in [-0.3, -0.25) is 9.78 Å². The smallest absolute Gasteiger partial charge is 0.326 e. The number of pyridine rings is 1. The van der Waals surface area contributed by atoms with Crippen LogP contribution in [0, 0.1) is 0 Å². The molecule has 1 aromatic heterocycles. The lowest BCUT2D eigenvalue weighted by Gasteiger charge is -2.20. The molecule has 0 aliphatic carbocycles. The zero-order chi connectivity index (χ0) is 17.7. The number of carbonyl (C=O) groups excluding carboxylic acids is 1. The summed E-state index contributed by atoms with van der Waals surface area (Å²) in [4.78, 5) is 27.4. The van der Waals surface area contributed by atoms with E-state index in [-0.39, 0.29) is 11.8 Å². The quantitative estimate of drug-likeness (QED) is 0.885. The van der Waals surface area contributed by atoms with E-state index >= 15 is 0 Å². The summed E-state index contributed by atoms with van der Waals surface area (Å²) in [6.07, 6.45) is 3.22. The van der Waals surface area contributed by atoms with E-state index in [0.717, 1.165) is 5.56 Å². The van der Waals surface area contributed by atoms with Gasteiger partial charge in [0.15, 0.2) is 0 Å². The predicted molar refractivity (Wildman–Crippen MR) is 92.0 cm³/mol. The number of benzene rings is 1. The average Bonchev–Trinajstić information content (AvgIpc) is 2.54. The van der Waals surface area contributed by atoms with E-state index in [1.807, 2.05) is 24.3 Å². The van der Waals surface area contributed by atoms with Crippen molar-refractivity contribution in [3.63, 3.8) is 0 Å². The van der Waals surface area contributed by atoms with E-state index in [9.17, 15) is 14.7 Å².